The lowest BCUT2D eigenvalue weighted by Crippen LogP contribution is -2.21. The zero-order chi connectivity index (χ0) is 19.7. The van der Waals surface area contributed by atoms with Crippen LogP contribution in [-0.4, -0.2) is 45.3 Å². The first-order chi connectivity index (χ1) is 13.6. The molecule has 0 N–H and O–H groups in total. The third-order valence-corrected chi connectivity index (χ3v) is 5.92. The van der Waals surface area contributed by atoms with Gasteiger partial charge in [-0.3, -0.25) is 4.79 Å². The molecule has 4 rings (SSSR count). The summed E-state index contributed by atoms with van der Waals surface area (Å²) in [5, 5.41) is 5.13. The number of ketones is 1. The monoisotopic (exact) mass is 398 g/mol. The summed E-state index contributed by atoms with van der Waals surface area (Å²) in [4.78, 5) is 21.9. The Morgan fingerprint density at radius 3 is 2.75 bits per heavy atom. The van der Waals surface area contributed by atoms with Gasteiger partial charge in [0.1, 0.15) is 0 Å². The molecule has 3 aromatic rings. The lowest BCUT2D eigenvalue weighted by molar-refractivity contribution is 0.0962. The fourth-order valence-electron chi connectivity index (χ4n) is 3.46. The average Bonchev–Trinajstić information content (AvgIpc) is 3.11. The van der Waals surface area contributed by atoms with Crippen molar-refractivity contribution in [2.75, 3.05) is 20.0 Å². The number of fused-ring (bicyclic) bond motifs is 2. The molecule has 0 unspecified atom stereocenters. The van der Waals surface area contributed by atoms with Gasteiger partial charge in [0.25, 0.3) is 5.78 Å². The number of Topliss-reactive ketones (excluding diaryl/α,β-unsaturated/α-hetero) is 1. The van der Waals surface area contributed by atoms with Gasteiger partial charge >= 0.3 is 0 Å². The van der Waals surface area contributed by atoms with Crippen LogP contribution in [0.2, 0.25) is 0 Å². The topological polar surface area (TPSA) is 78.6 Å². The predicted octanol–water partition coefficient (Wildman–Crippen LogP) is 3.56. The van der Waals surface area contributed by atoms with Crippen LogP contribution in [-0.2, 0) is 6.42 Å². The Labute approximate surface area is 167 Å². The Bertz CT molecular complexity index is 1030. The maximum Gasteiger partial charge on any atom is 0.253 e. The number of aromatic nitrogens is 4. The van der Waals surface area contributed by atoms with Crippen LogP contribution in [0.4, 0.5) is 0 Å². The number of hydrogen-bond donors (Lipinski definition) is 0. The first-order valence-electron chi connectivity index (χ1n) is 9.27. The van der Waals surface area contributed by atoms with Gasteiger partial charge in [-0.15, -0.1) is 5.10 Å². The zero-order valence-corrected chi connectivity index (χ0v) is 17.0. The highest BCUT2D eigenvalue weighted by Crippen LogP contribution is 2.36. The van der Waals surface area contributed by atoms with E-state index in [1.165, 1.54) is 0 Å². The van der Waals surface area contributed by atoms with Crippen molar-refractivity contribution in [3.63, 3.8) is 0 Å². The molecule has 0 radical (unpaired) electrons. The predicted molar refractivity (Wildman–Crippen MR) is 107 cm³/mol. The number of nitrogens with zero attached hydrogens (tertiary/aromatic N) is 4. The molecule has 28 heavy (non-hydrogen) atoms. The van der Waals surface area contributed by atoms with E-state index >= 15 is 0 Å². The van der Waals surface area contributed by atoms with E-state index in [-0.39, 0.29) is 11.7 Å². The second kappa shape index (κ2) is 7.79. The third kappa shape index (κ3) is 3.44. The molecule has 0 saturated heterocycles. The highest BCUT2D eigenvalue weighted by atomic mass is 32.2. The molecule has 2 heterocycles. The van der Waals surface area contributed by atoms with Gasteiger partial charge in [0.2, 0.25) is 5.16 Å². The molecule has 0 bridgehead atoms. The van der Waals surface area contributed by atoms with Crippen LogP contribution >= 0.6 is 11.8 Å². The average molecular weight is 398 g/mol. The first-order valence-corrected chi connectivity index (χ1v) is 10.3. The summed E-state index contributed by atoms with van der Waals surface area (Å²) in [6, 6.07) is 5.80. The first kappa shape index (κ1) is 18.7. The van der Waals surface area contributed by atoms with Gasteiger partial charge in [-0.1, -0.05) is 24.8 Å². The summed E-state index contributed by atoms with van der Waals surface area (Å²) in [5.74, 6) is 2.96. The number of hydrogen-bond acceptors (Lipinski definition) is 7. The molecule has 0 fully saturated rings. The van der Waals surface area contributed by atoms with Crippen LogP contribution in [0.1, 0.15) is 47.3 Å². The Balaban J connectivity index is 1.66. The van der Waals surface area contributed by atoms with Crippen molar-refractivity contribution in [3.8, 4) is 11.5 Å². The van der Waals surface area contributed by atoms with Crippen molar-refractivity contribution in [1.82, 2.24) is 19.6 Å². The van der Waals surface area contributed by atoms with E-state index in [9.17, 15) is 4.79 Å². The molecule has 0 aliphatic heterocycles. The van der Waals surface area contributed by atoms with Crippen molar-refractivity contribution in [2.24, 2.45) is 0 Å². The summed E-state index contributed by atoms with van der Waals surface area (Å²) in [7, 11) is 3.22. The number of thioether (sulfide) groups is 1. The van der Waals surface area contributed by atoms with Gasteiger partial charge < -0.3 is 9.47 Å². The smallest absolute Gasteiger partial charge is 0.253 e. The van der Waals surface area contributed by atoms with Crippen LogP contribution in [0.15, 0.2) is 29.6 Å². The van der Waals surface area contributed by atoms with Gasteiger partial charge in [0, 0.05) is 18.4 Å². The van der Waals surface area contributed by atoms with Crippen molar-refractivity contribution in [1.29, 1.82) is 0 Å². The van der Waals surface area contributed by atoms with E-state index in [2.05, 4.69) is 22.0 Å². The van der Waals surface area contributed by atoms with Crippen LogP contribution in [0, 0.1) is 0 Å². The van der Waals surface area contributed by atoms with E-state index < -0.39 is 0 Å². The van der Waals surface area contributed by atoms with Gasteiger partial charge in [-0.05, 0) is 36.5 Å². The molecule has 146 valence electrons. The largest absolute Gasteiger partial charge is 0.493 e. The molecule has 1 atom stereocenters. The molecule has 8 heteroatoms. The van der Waals surface area contributed by atoms with Gasteiger partial charge in [-0.25, -0.2) is 9.50 Å². The highest BCUT2D eigenvalue weighted by molar-refractivity contribution is 7.99. The molecule has 0 spiro atoms. The summed E-state index contributed by atoms with van der Waals surface area (Å²) in [6.45, 7) is 2.12. The minimum Gasteiger partial charge on any atom is -0.493 e. The number of benzene rings is 1. The molecule has 0 amide bonds. The number of carbonyl (C=O) groups excluding carboxylic acids is 1. The summed E-state index contributed by atoms with van der Waals surface area (Å²) in [5.41, 5.74) is 2.46. The SMILES string of the molecule is CCCSc1nc2nc3c(cn2n1)C(=O)C[C@H](c1ccc(OC)c(OC)c1)C3. The minimum absolute atomic E-state index is 0.0478. The van der Waals surface area contributed by atoms with Crippen LogP contribution in [0.25, 0.3) is 5.78 Å². The zero-order valence-electron chi connectivity index (χ0n) is 16.1. The third-order valence-electron chi connectivity index (χ3n) is 4.88. The van der Waals surface area contributed by atoms with Crippen LogP contribution in [0.5, 0.6) is 11.5 Å². The van der Waals surface area contributed by atoms with Crippen LogP contribution in [0.3, 0.4) is 0 Å². The standard InChI is InChI=1S/C20H22N4O3S/c1-4-7-28-20-22-19-21-15-8-13(9-16(25)14(15)11-24(19)23-20)12-5-6-17(26-2)18(10-12)27-3/h5-6,10-11,13H,4,7-9H2,1-3H3/t13-/m1/s1. The van der Waals surface area contributed by atoms with E-state index in [4.69, 9.17) is 9.47 Å². The quantitative estimate of drug-likeness (QED) is 0.588. The summed E-state index contributed by atoms with van der Waals surface area (Å²) >= 11 is 1.60. The Kier molecular flexibility index (Phi) is 5.21. The lowest BCUT2D eigenvalue weighted by Gasteiger charge is -2.23. The molecule has 1 aromatic carbocycles. The molecule has 1 aliphatic rings. The van der Waals surface area contributed by atoms with Gasteiger partial charge in [-0.2, -0.15) is 4.98 Å². The normalized spacial score (nSPS) is 16.2. The number of methoxy groups -OCH3 is 2. The summed E-state index contributed by atoms with van der Waals surface area (Å²) < 4.78 is 12.3. The Hall–Kier alpha value is -2.61. The Morgan fingerprint density at radius 2 is 2.00 bits per heavy atom. The maximum absolute atomic E-state index is 12.8. The lowest BCUT2D eigenvalue weighted by atomic mass is 9.82. The van der Waals surface area contributed by atoms with Crippen LogP contribution < -0.4 is 9.47 Å². The molecule has 2 aromatic heterocycles. The van der Waals surface area contributed by atoms with E-state index in [0.29, 0.717) is 40.8 Å². The Morgan fingerprint density at radius 1 is 1.18 bits per heavy atom. The van der Waals surface area contributed by atoms with E-state index in [1.54, 1.807) is 36.7 Å². The molecule has 1 aliphatic carbocycles. The number of ether oxygens (including phenoxy) is 2. The maximum atomic E-state index is 12.8. The second-order valence-corrected chi connectivity index (χ2v) is 7.79. The van der Waals surface area contributed by atoms with Crippen molar-refractivity contribution >= 4 is 23.3 Å². The van der Waals surface area contributed by atoms with E-state index in [0.717, 1.165) is 23.4 Å². The molecular formula is C20H22N4O3S. The fourth-order valence-corrected chi connectivity index (χ4v) is 4.14. The van der Waals surface area contributed by atoms with Gasteiger partial charge in [0.05, 0.1) is 25.5 Å². The van der Waals surface area contributed by atoms with Gasteiger partial charge in [0.15, 0.2) is 17.3 Å². The number of rotatable bonds is 6. The van der Waals surface area contributed by atoms with Crippen molar-refractivity contribution in [3.05, 3.63) is 41.2 Å². The molecular weight excluding hydrogens is 376 g/mol. The second-order valence-electron chi connectivity index (χ2n) is 6.73. The highest BCUT2D eigenvalue weighted by Gasteiger charge is 2.29. The molecule has 0 saturated carbocycles. The number of carbonyl (C=O) groups is 1. The summed E-state index contributed by atoms with van der Waals surface area (Å²) in [6.07, 6.45) is 3.93. The van der Waals surface area contributed by atoms with Crippen molar-refractivity contribution in [2.45, 2.75) is 37.3 Å². The van der Waals surface area contributed by atoms with Crippen molar-refractivity contribution < 1.29 is 14.3 Å². The minimum atomic E-state index is 0.0478. The fraction of sp³-hybridized carbons (Fsp3) is 0.400. The molecule has 7 nitrogen and oxygen atoms in total. The van der Waals surface area contributed by atoms with E-state index in [1.807, 2.05) is 18.2 Å².